The first-order chi connectivity index (χ1) is 11.2. The fraction of sp³-hybridized carbons (Fsp3) is 0.611. The van der Waals surface area contributed by atoms with Gasteiger partial charge in [0.05, 0.1) is 13.2 Å². The first-order valence-corrected chi connectivity index (χ1v) is 8.55. The standard InChI is InChI=1S/C18H26N2O3/c1-23-16-7-8-17-13(10-16)4-2-5-14(17)11-19-18(22)20-9-3-6-15(21)12-20/h7-8,10,14-15,21H,2-6,9,11-12H2,1H3,(H,19,22)/t14-,15+/m0/s1. The zero-order valence-corrected chi connectivity index (χ0v) is 13.8. The van der Waals surface area contributed by atoms with Gasteiger partial charge in [0.25, 0.3) is 0 Å². The van der Waals surface area contributed by atoms with Gasteiger partial charge < -0.3 is 20.1 Å². The number of ether oxygens (including phenoxy) is 1. The van der Waals surface area contributed by atoms with E-state index in [0.29, 0.717) is 19.0 Å². The normalized spacial score (nSPS) is 24.0. The molecule has 1 aliphatic carbocycles. The van der Waals surface area contributed by atoms with E-state index in [4.69, 9.17) is 4.74 Å². The van der Waals surface area contributed by atoms with Gasteiger partial charge in [-0.1, -0.05) is 6.07 Å². The van der Waals surface area contributed by atoms with Gasteiger partial charge in [0.15, 0.2) is 0 Å². The molecular formula is C18H26N2O3. The fourth-order valence-electron chi connectivity index (χ4n) is 3.69. The molecule has 1 aromatic carbocycles. The van der Waals surface area contributed by atoms with Crippen molar-refractivity contribution in [3.63, 3.8) is 0 Å². The maximum absolute atomic E-state index is 12.3. The van der Waals surface area contributed by atoms with Gasteiger partial charge >= 0.3 is 6.03 Å². The third-order valence-corrected chi connectivity index (χ3v) is 4.97. The van der Waals surface area contributed by atoms with Gasteiger partial charge in [0.2, 0.25) is 0 Å². The van der Waals surface area contributed by atoms with Crippen LogP contribution in [0.25, 0.3) is 0 Å². The van der Waals surface area contributed by atoms with Crippen LogP contribution >= 0.6 is 0 Å². The summed E-state index contributed by atoms with van der Waals surface area (Å²) < 4.78 is 5.30. The molecule has 0 spiro atoms. The molecule has 2 atom stereocenters. The zero-order valence-electron chi connectivity index (χ0n) is 13.8. The molecule has 1 heterocycles. The van der Waals surface area contributed by atoms with Crippen LogP contribution in [0, 0.1) is 0 Å². The van der Waals surface area contributed by atoms with Crippen molar-refractivity contribution in [1.29, 1.82) is 0 Å². The summed E-state index contributed by atoms with van der Waals surface area (Å²) in [7, 11) is 1.69. The number of hydrogen-bond donors (Lipinski definition) is 2. The van der Waals surface area contributed by atoms with E-state index >= 15 is 0 Å². The maximum atomic E-state index is 12.3. The van der Waals surface area contributed by atoms with Gasteiger partial charge in [-0.15, -0.1) is 0 Å². The molecule has 3 rings (SSSR count). The molecule has 1 fully saturated rings. The van der Waals surface area contributed by atoms with Crippen LogP contribution in [0.4, 0.5) is 4.79 Å². The summed E-state index contributed by atoms with van der Waals surface area (Å²) in [5, 5.41) is 12.7. The number of β-amino-alcohol motifs (C(OH)–C–C–N with tert-alkyl or cyclic N) is 1. The number of aliphatic hydroxyl groups is 1. The van der Waals surface area contributed by atoms with E-state index in [2.05, 4.69) is 17.4 Å². The number of urea groups is 1. The van der Waals surface area contributed by atoms with Gasteiger partial charge in [-0.05, 0) is 55.4 Å². The molecule has 5 nitrogen and oxygen atoms in total. The predicted octanol–water partition coefficient (Wildman–Crippen LogP) is 2.28. The third-order valence-electron chi connectivity index (χ3n) is 4.97. The number of methoxy groups -OCH3 is 1. The molecule has 1 saturated heterocycles. The highest BCUT2D eigenvalue weighted by molar-refractivity contribution is 5.74. The van der Waals surface area contributed by atoms with Crippen LogP contribution in [0.3, 0.4) is 0 Å². The molecule has 2 aliphatic rings. The Morgan fingerprint density at radius 3 is 3.04 bits per heavy atom. The number of fused-ring (bicyclic) bond motifs is 1. The Morgan fingerprint density at radius 1 is 1.39 bits per heavy atom. The summed E-state index contributed by atoms with van der Waals surface area (Å²) in [5.41, 5.74) is 2.67. The van der Waals surface area contributed by atoms with Crippen LogP contribution in [-0.2, 0) is 6.42 Å². The molecule has 0 saturated carbocycles. The van der Waals surface area contributed by atoms with E-state index in [1.165, 1.54) is 11.1 Å². The maximum Gasteiger partial charge on any atom is 0.317 e. The van der Waals surface area contributed by atoms with Gasteiger partial charge in [-0.2, -0.15) is 0 Å². The molecule has 2 N–H and O–H groups in total. The van der Waals surface area contributed by atoms with E-state index in [0.717, 1.165) is 44.4 Å². The van der Waals surface area contributed by atoms with E-state index in [-0.39, 0.29) is 12.1 Å². The Labute approximate surface area is 137 Å². The molecular weight excluding hydrogens is 292 g/mol. The number of amides is 2. The van der Waals surface area contributed by atoms with E-state index < -0.39 is 0 Å². The molecule has 2 amide bonds. The number of aryl methyl sites for hydroxylation is 1. The minimum Gasteiger partial charge on any atom is -0.497 e. The molecule has 23 heavy (non-hydrogen) atoms. The number of aliphatic hydroxyl groups excluding tert-OH is 1. The molecule has 1 aromatic rings. The van der Waals surface area contributed by atoms with Crippen molar-refractivity contribution in [2.45, 2.75) is 44.1 Å². The first kappa shape index (κ1) is 16.1. The predicted molar refractivity (Wildman–Crippen MR) is 88.9 cm³/mol. The molecule has 0 unspecified atom stereocenters. The van der Waals surface area contributed by atoms with Crippen molar-refractivity contribution >= 4 is 6.03 Å². The van der Waals surface area contributed by atoms with Crippen molar-refractivity contribution in [2.24, 2.45) is 0 Å². The minimum atomic E-state index is -0.377. The Balaban J connectivity index is 1.60. The summed E-state index contributed by atoms with van der Waals surface area (Å²) >= 11 is 0. The van der Waals surface area contributed by atoms with Crippen LogP contribution < -0.4 is 10.1 Å². The Bertz CT molecular complexity index is 561. The van der Waals surface area contributed by atoms with Crippen molar-refractivity contribution in [1.82, 2.24) is 10.2 Å². The Morgan fingerprint density at radius 2 is 2.26 bits per heavy atom. The third kappa shape index (κ3) is 3.78. The van der Waals surface area contributed by atoms with Crippen LogP contribution in [0.15, 0.2) is 18.2 Å². The number of carbonyl (C=O) groups is 1. The fourth-order valence-corrected chi connectivity index (χ4v) is 3.69. The number of hydrogen-bond acceptors (Lipinski definition) is 3. The second kappa shape index (κ2) is 7.21. The monoisotopic (exact) mass is 318 g/mol. The van der Waals surface area contributed by atoms with Crippen molar-refractivity contribution in [3.8, 4) is 5.75 Å². The highest BCUT2D eigenvalue weighted by Gasteiger charge is 2.24. The number of carbonyl (C=O) groups excluding carboxylic acids is 1. The zero-order chi connectivity index (χ0) is 16.2. The summed E-state index contributed by atoms with van der Waals surface area (Å²) in [6, 6.07) is 6.20. The summed E-state index contributed by atoms with van der Waals surface area (Å²) in [5.74, 6) is 1.26. The van der Waals surface area contributed by atoms with Crippen molar-refractivity contribution in [3.05, 3.63) is 29.3 Å². The van der Waals surface area contributed by atoms with E-state index in [1.54, 1.807) is 12.0 Å². The van der Waals surface area contributed by atoms with Crippen molar-refractivity contribution < 1.29 is 14.6 Å². The lowest BCUT2D eigenvalue weighted by atomic mass is 9.82. The highest BCUT2D eigenvalue weighted by atomic mass is 16.5. The number of piperidine rings is 1. The lowest BCUT2D eigenvalue weighted by Crippen LogP contribution is -2.48. The van der Waals surface area contributed by atoms with Crippen LogP contribution in [-0.4, -0.2) is 48.9 Å². The van der Waals surface area contributed by atoms with Crippen LogP contribution in [0.2, 0.25) is 0 Å². The number of likely N-dealkylation sites (tertiary alicyclic amines) is 1. The van der Waals surface area contributed by atoms with Crippen LogP contribution in [0.5, 0.6) is 5.75 Å². The first-order valence-electron chi connectivity index (χ1n) is 8.55. The number of nitrogens with one attached hydrogen (secondary N) is 1. The minimum absolute atomic E-state index is 0.0515. The van der Waals surface area contributed by atoms with Crippen LogP contribution in [0.1, 0.15) is 42.7 Å². The Hall–Kier alpha value is -1.75. The number of benzene rings is 1. The van der Waals surface area contributed by atoms with Crippen molar-refractivity contribution in [2.75, 3.05) is 26.7 Å². The smallest absolute Gasteiger partial charge is 0.317 e. The van der Waals surface area contributed by atoms with Gasteiger partial charge in [0.1, 0.15) is 5.75 Å². The lowest BCUT2D eigenvalue weighted by Gasteiger charge is -2.31. The average molecular weight is 318 g/mol. The second-order valence-electron chi connectivity index (χ2n) is 6.58. The Kier molecular flexibility index (Phi) is 5.06. The quantitative estimate of drug-likeness (QED) is 0.899. The number of rotatable bonds is 3. The van der Waals surface area contributed by atoms with Gasteiger partial charge in [-0.25, -0.2) is 4.79 Å². The SMILES string of the molecule is COc1ccc2c(c1)CCC[C@H]2CNC(=O)N1CCC[C@@H](O)C1. The topological polar surface area (TPSA) is 61.8 Å². The number of nitrogens with zero attached hydrogens (tertiary/aromatic N) is 1. The molecule has 5 heteroatoms. The summed E-state index contributed by atoms with van der Waals surface area (Å²) in [6.45, 7) is 1.84. The van der Waals surface area contributed by atoms with Gasteiger partial charge in [-0.3, -0.25) is 0 Å². The summed E-state index contributed by atoms with van der Waals surface area (Å²) in [6.07, 6.45) is 4.61. The lowest BCUT2D eigenvalue weighted by molar-refractivity contribution is 0.0841. The second-order valence-corrected chi connectivity index (χ2v) is 6.58. The molecule has 0 bridgehead atoms. The van der Waals surface area contributed by atoms with Gasteiger partial charge in [0, 0.05) is 25.6 Å². The molecule has 0 radical (unpaired) electrons. The highest BCUT2D eigenvalue weighted by Crippen LogP contribution is 2.33. The average Bonchev–Trinajstić information content (AvgIpc) is 2.59. The molecule has 1 aliphatic heterocycles. The van der Waals surface area contributed by atoms with E-state index in [1.807, 2.05) is 6.07 Å². The summed E-state index contributed by atoms with van der Waals surface area (Å²) in [4.78, 5) is 14.0. The largest absolute Gasteiger partial charge is 0.497 e. The molecule has 126 valence electrons. The molecule has 0 aromatic heterocycles. The van der Waals surface area contributed by atoms with E-state index in [9.17, 15) is 9.90 Å².